The van der Waals surface area contributed by atoms with Crippen molar-refractivity contribution < 1.29 is 8.83 Å². The first kappa shape index (κ1) is 22.3. The van der Waals surface area contributed by atoms with Gasteiger partial charge in [-0.1, -0.05) is 66.2 Å². The Morgan fingerprint density at radius 3 is 1.95 bits per heavy atom. The van der Waals surface area contributed by atoms with E-state index in [2.05, 4.69) is 24.3 Å². The van der Waals surface area contributed by atoms with Gasteiger partial charge in [0.05, 0.1) is 0 Å². The van der Waals surface area contributed by atoms with Crippen LogP contribution < -0.4 is 0 Å². The number of aromatic nitrogens is 3. The van der Waals surface area contributed by atoms with E-state index in [1.807, 2.05) is 72.8 Å². The van der Waals surface area contributed by atoms with E-state index in [0.29, 0.717) is 22.5 Å². The highest BCUT2D eigenvalue weighted by Crippen LogP contribution is 2.38. The molecule has 39 heavy (non-hydrogen) atoms. The van der Waals surface area contributed by atoms with Crippen LogP contribution in [0.1, 0.15) is 18.7 Å². The number of rotatable bonds is 3. The summed E-state index contributed by atoms with van der Waals surface area (Å²) in [6.07, 6.45) is 8.20. The molecule has 0 saturated carbocycles. The van der Waals surface area contributed by atoms with Gasteiger partial charge in [-0.2, -0.15) is 0 Å². The summed E-state index contributed by atoms with van der Waals surface area (Å²) in [6.45, 7) is 0. The standard InChI is InChI=1S/C33H20ClN3O2/c34-22-12-14-24-26-18-29-25(17-30(26)39-28(24)16-22)23-13-11-21(15-27(23)38-29)33-36-31(19-7-3-1-4-8-19)35-32(37-33)20-9-5-2-6-10-20/h1-5,7-9,11-18H,6,10H2. The Morgan fingerprint density at radius 2 is 1.23 bits per heavy atom. The van der Waals surface area contributed by atoms with Gasteiger partial charge in [0.15, 0.2) is 17.5 Å². The zero-order chi connectivity index (χ0) is 25.9. The van der Waals surface area contributed by atoms with Crippen LogP contribution in [0.25, 0.3) is 72.2 Å². The predicted molar refractivity (Wildman–Crippen MR) is 157 cm³/mol. The third-order valence-electron chi connectivity index (χ3n) is 7.25. The minimum absolute atomic E-state index is 0.619. The fourth-order valence-electron chi connectivity index (χ4n) is 5.31. The fraction of sp³-hybridized carbons (Fsp3) is 0.0606. The average molecular weight is 526 g/mol. The highest BCUT2D eigenvalue weighted by molar-refractivity contribution is 6.31. The second-order valence-electron chi connectivity index (χ2n) is 9.73. The number of benzene rings is 4. The maximum Gasteiger partial charge on any atom is 0.164 e. The molecule has 0 aliphatic heterocycles. The summed E-state index contributed by atoms with van der Waals surface area (Å²) in [5, 5.41) is 4.66. The van der Waals surface area contributed by atoms with Crippen molar-refractivity contribution in [2.75, 3.05) is 0 Å². The molecule has 7 aromatic rings. The van der Waals surface area contributed by atoms with Crippen LogP contribution in [-0.2, 0) is 0 Å². The number of furan rings is 2. The molecule has 3 heterocycles. The molecule has 0 atom stereocenters. The summed E-state index contributed by atoms with van der Waals surface area (Å²) in [5.74, 6) is 1.98. The lowest BCUT2D eigenvalue weighted by atomic mass is 10.0. The Labute approximate surface area is 228 Å². The summed E-state index contributed by atoms with van der Waals surface area (Å²) < 4.78 is 12.5. The predicted octanol–water partition coefficient (Wildman–Crippen LogP) is 9.39. The van der Waals surface area contributed by atoms with Gasteiger partial charge >= 0.3 is 0 Å². The number of halogens is 1. The molecule has 0 fully saturated rings. The van der Waals surface area contributed by atoms with Crippen molar-refractivity contribution in [3.05, 3.63) is 108 Å². The van der Waals surface area contributed by atoms with Gasteiger partial charge in [0, 0.05) is 43.8 Å². The molecule has 5 nitrogen and oxygen atoms in total. The number of nitrogens with zero attached hydrogens (tertiary/aromatic N) is 3. The Hall–Kier alpha value is -4.74. The van der Waals surface area contributed by atoms with Crippen LogP contribution in [-0.4, -0.2) is 15.0 Å². The lowest BCUT2D eigenvalue weighted by Crippen LogP contribution is -2.03. The van der Waals surface area contributed by atoms with E-state index in [0.717, 1.165) is 73.4 Å². The number of hydrogen-bond acceptors (Lipinski definition) is 5. The third-order valence-corrected chi connectivity index (χ3v) is 7.49. The molecule has 1 aliphatic rings. The molecule has 8 rings (SSSR count). The third kappa shape index (κ3) is 3.74. The van der Waals surface area contributed by atoms with Crippen LogP contribution in [0.4, 0.5) is 0 Å². The van der Waals surface area contributed by atoms with Crippen LogP contribution in [0.5, 0.6) is 0 Å². The summed E-state index contributed by atoms with van der Waals surface area (Å²) in [7, 11) is 0. The molecule has 0 radical (unpaired) electrons. The van der Waals surface area contributed by atoms with Crippen LogP contribution in [0.3, 0.4) is 0 Å². The minimum Gasteiger partial charge on any atom is -0.456 e. The van der Waals surface area contributed by atoms with E-state index >= 15 is 0 Å². The van der Waals surface area contributed by atoms with Crippen molar-refractivity contribution in [1.29, 1.82) is 0 Å². The molecular formula is C33H20ClN3O2. The van der Waals surface area contributed by atoms with Crippen LogP contribution in [0.2, 0.25) is 5.02 Å². The van der Waals surface area contributed by atoms with E-state index in [-0.39, 0.29) is 0 Å². The quantitative estimate of drug-likeness (QED) is 0.230. The van der Waals surface area contributed by atoms with Gasteiger partial charge in [0.25, 0.3) is 0 Å². The van der Waals surface area contributed by atoms with E-state index < -0.39 is 0 Å². The molecule has 0 saturated heterocycles. The second-order valence-corrected chi connectivity index (χ2v) is 10.2. The highest BCUT2D eigenvalue weighted by Gasteiger charge is 2.17. The van der Waals surface area contributed by atoms with Gasteiger partial charge in [-0.25, -0.2) is 15.0 Å². The van der Waals surface area contributed by atoms with Crippen LogP contribution in [0.15, 0.2) is 106 Å². The first-order valence-electron chi connectivity index (χ1n) is 12.9. The van der Waals surface area contributed by atoms with Crippen molar-refractivity contribution in [2.24, 2.45) is 0 Å². The Balaban J connectivity index is 1.29. The summed E-state index contributed by atoms with van der Waals surface area (Å²) in [6, 6.07) is 25.9. The maximum atomic E-state index is 6.37. The summed E-state index contributed by atoms with van der Waals surface area (Å²) in [5.41, 5.74) is 6.07. The van der Waals surface area contributed by atoms with E-state index in [1.165, 1.54) is 0 Å². The lowest BCUT2D eigenvalue weighted by Gasteiger charge is -2.11. The van der Waals surface area contributed by atoms with Crippen molar-refractivity contribution in [1.82, 2.24) is 15.0 Å². The molecule has 0 spiro atoms. The van der Waals surface area contributed by atoms with Crippen LogP contribution in [0, 0.1) is 0 Å². The minimum atomic E-state index is 0.619. The zero-order valence-electron chi connectivity index (χ0n) is 20.7. The van der Waals surface area contributed by atoms with Crippen molar-refractivity contribution >= 4 is 61.1 Å². The Kier molecular flexibility index (Phi) is 4.94. The largest absolute Gasteiger partial charge is 0.456 e. The molecule has 1 aliphatic carbocycles. The normalized spacial score (nSPS) is 13.6. The zero-order valence-corrected chi connectivity index (χ0v) is 21.4. The van der Waals surface area contributed by atoms with Gasteiger partial charge in [-0.05, 0) is 54.8 Å². The first-order valence-corrected chi connectivity index (χ1v) is 13.2. The molecule has 0 unspecified atom stereocenters. The highest BCUT2D eigenvalue weighted by atomic mass is 35.5. The Morgan fingerprint density at radius 1 is 0.590 bits per heavy atom. The Bertz CT molecular complexity index is 2140. The first-order chi connectivity index (χ1) is 19.2. The molecular weight excluding hydrogens is 506 g/mol. The van der Waals surface area contributed by atoms with Crippen LogP contribution >= 0.6 is 11.6 Å². The smallest absolute Gasteiger partial charge is 0.164 e. The van der Waals surface area contributed by atoms with Crippen molar-refractivity contribution in [3.8, 4) is 22.8 Å². The monoisotopic (exact) mass is 525 g/mol. The number of hydrogen-bond donors (Lipinski definition) is 0. The van der Waals surface area contributed by atoms with Gasteiger partial charge in [0.2, 0.25) is 0 Å². The molecule has 0 N–H and O–H groups in total. The second kappa shape index (κ2) is 8.65. The molecule has 6 heteroatoms. The van der Waals surface area contributed by atoms with Gasteiger partial charge in [0.1, 0.15) is 22.3 Å². The van der Waals surface area contributed by atoms with Crippen molar-refractivity contribution in [2.45, 2.75) is 12.8 Å². The molecule has 0 bridgehead atoms. The SMILES string of the molecule is Clc1ccc2c(c1)oc1cc3c(cc12)oc1cc(-c2nc(C4=CC=CCC4)nc(-c4ccccc4)n2)ccc13. The van der Waals surface area contributed by atoms with E-state index in [9.17, 15) is 0 Å². The van der Waals surface area contributed by atoms with Gasteiger partial charge < -0.3 is 8.83 Å². The topological polar surface area (TPSA) is 65.0 Å². The number of fused-ring (bicyclic) bond motifs is 6. The van der Waals surface area contributed by atoms with Gasteiger partial charge in [-0.3, -0.25) is 0 Å². The summed E-state index contributed by atoms with van der Waals surface area (Å²) >= 11 is 6.17. The summed E-state index contributed by atoms with van der Waals surface area (Å²) in [4.78, 5) is 14.6. The average Bonchev–Trinajstić information content (AvgIpc) is 3.52. The molecule has 0 amide bonds. The molecule has 3 aromatic heterocycles. The van der Waals surface area contributed by atoms with E-state index in [4.69, 9.17) is 35.4 Å². The maximum absolute atomic E-state index is 6.37. The molecule has 4 aromatic carbocycles. The van der Waals surface area contributed by atoms with Gasteiger partial charge in [-0.15, -0.1) is 0 Å². The lowest BCUT2D eigenvalue weighted by molar-refractivity contribution is 0.664. The van der Waals surface area contributed by atoms with E-state index in [1.54, 1.807) is 0 Å². The molecule has 186 valence electrons. The van der Waals surface area contributed by atoms with Crippen molar-refractivity contribution in [3.63, 3.8) is 0 Å². The fourth-order valence-corrected chi connectivity index (χ4v) is 5.47. The number of allylic oxidation sites excluding steroid dienone is 4.